The Balaban J connectivity index is 2.60. The summed E-state index contributed by atoms with van der Waals surface area (Å²) in [5, 5.41) is 0. The van der Waals surface area contributed by atoms with Gasteiger partial charge in [-0.2, -0.15) is 0 Å². The lowest BCUT2D eigenvalue weighted by Gasteiger charge is -2.16. The van der Waals surface area contributed by atoms with Gasteiger partial charge in [0.2, 0.25) is 0 Å². The van der Waals surface area contributed by atoms with Gasteiger partial charge in [0.1, 0.15) is 5.82 Å². The predicted molar refractivity (Wildman–Crippen MR) is 65.9 cm³/mol. The third kappa shape index (κ3) is 1.91. The summed E-state index contributed by atoms with van der Waals surface area (Å²) < 4.78 is 14.3. The number of benzene rings is 1. The quantitative estimate of drug-likeness (QED) is 0.787. The number of rotatable bonds is 2. The molecule has 1 heterocycles. The summed E-state index contributed by atoms with van der Waals surface area (Å²) in [6.07, 6.45) is 0. The maximum atomic E-state index is 13.8. The van der Waals surface area contributed by atoms with Gasteiger partial charge < -0.3 is 0 Å². The summed E-state index contributed by atoms with van der Waals surface area (Å²) in [6, 6.07) is 2.82. The predicted octanol–water partition coefficient (Wildman–Crippen LogP) is 2.57. The second kappa shape index (κ2) is 4.07. The van der Waals surface area contributed by atoms with Crippen LogP contribution in [0.3, 0.4) is 0 Å². The summed E-state index contributed by atoms with van der Waals surface area (Å²) in [7, 11) is 0. The van der Waals surface area contributed by atoms with Crippen LogP contribution in [0.15, 0.2) is 23.2 Å². The monoisotopic (exact) mass is 297 g/mol. The van der Waals surface area contributed by atoms with Crippen molar-refractivity contribution in [3.05, 3.63) is 40.1 Å². The van der Waals surface area contributed by atoms with Gasteiger partial charge in [-0.15, -0.1) is 0 Å². The highest BCUT2D eigenvalue weighted by molar-refractivity contribution is 9.11. The van der Waals surface area contributed by atoms with Crippen LogP contribution in [0.2, 0.25) is 0 Å². The Bertz CT molecular complexity index is 554. The molecule has 0 fully saturated rings. The molecule has 0 spiro atoms. The lowest BCUT2D eigenvalue weighted by molar-refractivity contribution is -0.114. The molecule has 3 nitrogen and oxygen atoms in total. The van der Waals surface area contributed by atoms with Gasteiger partial charge in [-0.25, -0.2) is 4.39 Å². The number of halogens is 2. The molecule has 0 bridgehead atoms. The van der Waals surface area contributed by atoms with Crippen molar-refractivity contribution in [3.8, 4) is 0 Å². The topological polar surface area (TPSA) is 37.4 Å². The second-order valence-electron chi connectivity index (χ2n) is 3.88. The number of carbonyl (C=O) groups excluding carboxylic acids is 2. The Labute approximate surface area is 106 Å². The fraction of sp³-hybridized carbons (Fsp3) is 0.167. The summed E-state index contributed by atoms with van der Waals surface area (Å²) in [4.78, 5) is 24.5. The van der Waals surface area contributed by atoms with Gasteiger partial charge in [0.25, 0.3) is 11.7 Å². The van der Waals surface area contributed by atoms with Gasteiger partial charge in [0.15, 0.2) is 0 Å². The SMILES string of the molecule is C=C(Br)CN1C(=O)C(=O)c2cc(C)cc(F)c21. The smallest absolute Gasteiger partial charge is 0.297 e. The fourth-order valence-corrected chi connectivity index (χ4v) is 2.09. The first-order valence-electron chi connectivity index (χ1n) is 4.91. The average molecular weight is 298 g/mol. The minimum Gasteiger partial charge on any atom is -0.297 e. The molecule has 1 aromatic carbocycles. The minimum absolute atomic E-state index is 0.0474. The first-order valence-corrected chi connectivity index (χ1v) is 5.70. The van der Waals surface area contributed by atoms with E-state index in [1.807, 2.05) is 0 Å². The van der Waals surface area contributed by atoms with Crippen molar-refractivity contribution < 1.29 is 14.0 Å². The molecular weight excluding hydrogens is 289 g/mol. The van der Waals surface area contributed by atoms with E-state index in [2.05, 4.69) is 22.5 Å². The molecule has 0 saturated heterocycles. The summed E-state index contributed by atoms with van der Waals surface area (Å²) >= 11 is 3.10. The number of ketones is 1. The lowest BCUT2D eigenvalue weighted by Crippen LogP contribution is -2.31. The van der Waals surface area contributed by atoms with Crippen LogP contribution < -0.4 is 4.90 Å². The van der Waals surface area contributed by atoms with Crippen molar-refractivity contribution in [3.63, 3.8) is 0 Å². The van der Waals surface area contributed by atoms with Crippen molar-refractivity contribution in [1.82, 2.24) is 0 Å². The Morgan fingerprint density at radius 2 is 2.12 bits per heavy atom. The molecule has 1 aliphatic heterocycles. The van der Waals surface area contributed by atoms with Gasteiger partial charge in [-0.1, -0.05) is 22.5 Å². The van der Waals surface area contributed by atoms with Crippen LogP contribution in [-0.4, -0.2) is 18.2 Å². The standard InChI is InChI=1S/C12H9BrFNO2/c1-6-3-8-10(9(14)4-6)15(5-7(2)13)12(17)11(8)16/h3-4H,2,5H2,1H3. The number of Topliss-reactive ketones (excluding diaryl/α,β-unsaturated/α-hetero) is 1. The first-order chi connectivity index (χ1) is 7.91. The van der Waals surface area contributed by atoms with Crippen LogP contribution in [0.5, 0.6) is 0 Å². The maximum absolute atomic E-state index is 13.8. The van der Waals surface area contributed by atoms with Crippen molar-refractivity contribution in [2.45, 2.75) is 6.92 Å². The van der Waals surface area contributed by atoms with Crippen LogP contribution in [0.4, 0.5) is 10.1 Å². The normalized spacial score (nSPS) is 14.2. The number of carbonyl (C=O) groups is 2. The number of fused-ring (bicyclic) bond motifs is 1. The van der Waals surface area contributed by atoms with E-state index < -0.39 is 17.5 Å². The number of aryl methyl sites for hydroxylation is 1. The van der Waals surface area contributed by atoms with Crippen LogP contribution in [0.25, 0.3) is 0 Å². The molecule has 2 rings (SSSR count). The first kappa shape index (κ1) is 12.0. The van der Waals surface area contributed by atoms with E-state index in [-0.39, 0.29) is 17.8 Å². The van der Waals surface area contributed by atoms with Gasteiger partial charge >= 0.3 is 0 Å². The Morgan fingerprint density at radius 1 is 1.47 bits per heavy atom. The van der Waals surface area contributed by atoms with Crippen molar-refractivity contribution in [1.29, 1.82) is 0 Å². The molecule has 0 unspecified atom stereocenters. The molecule has 1 aromatic rings. The van der Waals surface area contributed by atoms with Gasteiger partial charge in [-0.05, 0) is 24.6 Å². The molecule has 0 atom stereocenters. The number of anilines is 1. The fourth-order valence-electron chi connectivity index (χ4n) is 1.84. The van der Waals surface area contributed by atoms with Crippen molar-refractivity contribution >= 4 is 33.3 Å². The van der Waals surface area contributed by atoms with Gasteiger partial charge in [0.05, 0.1) is 17.8 Å². The Kier molecular flexibility index (Phi) is 2.87. The number of hydrogen-bond acceptors (Lipinski definition) is 2. The van der Waals surface area contributed by atoms with Crippen molar-refractivity contribution in [2.75, 3.05) is 11.4 Å². The van der Waals surface area contributed by atoms with E-state index in [9.17, 15) is 14.0 Å². The van der Waals surface area contributed by atoms with E-state index >= 15 is 0 Å². The molecule has 0 aromatic heterocycles. The van der Waals surface area contributed by atoms with E-state index in [1.165, 1.54) is 12.1 Å². The van der Waals surface area contributed by atoms with E-state index in [1.54, 1.807) is 6.92 Å². The maximum Gasteiger partial charge on any atom is 0.299 e. The lowest BCUT2D eigenvalue weighted by atomic mass is 10.1. The number of nitrogens with zero attached hydrogens (tertiary/aromatic N) is 1. The third-order valence-electron chi connectivity index (χ3n) is 2.49. The zero-order valence-electron chi connectivity index (χ0n) is 9.09. The molecule has 0 radical (unpaired) electrons. The molecule has 1 aliphatic rings. The number of hydrogen-bond donors (Lipinski definition) is 0. The van der Waals surface area contributed by atoms with Crippen LogP contribution in [-0.2, 0) is 4.79 Å². The highest BCUT2D eigenvalue weighted by atomic mass is 79.9. The van der Waals surface area contributed by atoms with E-state index in [0.29, 0.717) is 10.0 Å². The minimum atomic E-state index is -0.717. The van der Waals surface area contributed by atoms with Gasteiger partial charge in [-0.3, -0.25) is 14.5 Å². The largest absolute Gasteiger partial charge is 0.299 e. The van der Waals surface area contributed by atoms with Crippen LogP contribution in [0.1, 0.15) is 15.9 Å². The van der Waals surface area contributed by atoms with E-state index in [4.69, 9.17) is 0 Å². The van der Waals surface area contributed by atoms with Crippen molar-refractivity contribution in [2.24, 2.45) is 0 Å². The molecule has 1 amide bonds. The highest BCUT2D eigenvalue weighted by Gasteiger charge is 2.38. The molecule has 0 N–H and O–H groups in total. The molecule has 88 valence electrons. The summed E-state index contributed by atoms with van der Waals surface area (Å²) in [5.74, 6) is -1.95. The third-order valence-corrected chi connectivity index (χ3v) is 2.74. The van der Waals surface area contributed by atoms with Gasteiger partial charge in [0, 0.05) is 4.48 Å². The average Bonchev–Trinajstić information content (AvgIpc) is 2.43. The molecule has 5 heteroatoms. The summed E-state index contributed by atoms with van der Waals surface area (Å²) in [5.41, 5.74) is 0.786. The zero-order valence-corrected chi connectivity index (χ0v) is 10.7. The molecule has 0 aliphatic carbocycles. The molecule has 0 saturated carbocycles. The van der Waals surface area contributed by atoms with E-state index in [0.717, 1.165) is 4.90 Å². The Hall–Kier alpha value is -1.49. The van der Waals surface area contributed by atoms with Crippen LogP contribution in [0, 0.1) is 12.7 Å². The molecular formula is C12H9BrFNO2. The zero-order chi connectivity index (χ0) is 12.7. The molecule has 17 heavy (non-hydrogen) atoms. The number of amides is 1. The Morgan fingerprint density at radius 3 is 2.71 bits per heavy atom. The second-order valence-corrected chi connectivity index (χ2v) is 5.00. The van der Waals surface area contributed by atoms with Crippen LogP contribution >= 0.6 is 15.9 Å². The highest BCUT2D eigenvalue weighted by Crippen LogP contribution is 2.33. The summed E-state index contributed by atoms with van der Waals surface area (Å²) in [6.45, 7) is 5.34.